The molecule has 0 saturated heterocycles. The van der Waals surface area contributed by atoms with Gasteiger partial charge in [-0.25, -0.2) is 9.97 Å². The lowest BCUT2D eigenvalue weighted by Crippen LogP contribution is -1.97. The summed E-state index contributed by atoms with van der Waals surface area (Å²) in [5, 5.41) is 12.2. The molecule has 2 heterocycles. The van der Waals surface area contributed by atoms with E-state index in [0.717, 1.165) is 33.5 Å². The second kappa shape index (κ2) is 9.45. The number of aryl methyl sites for hydroxylation is 1. The lowest BCUT2D eigenvalue weighted by molar-refractivity contribution is 0.306. The second-order valence-corrected chi connectivity index (χ2v) is 7.00. The number of aromatic nitrogens is 4. The number of benzene rings is 3. The topological polar surface area (TPSA) is 86.0 Å². The minimum Gasteiger partial charge on any atom is -0.489 e. The minimum atomic E-state index is 0. The maximum absolute atomic E-state index is 5.86. The van der Waals surface area contributed by atoms with Gasteiger partial charge >= 0.3 is 0 Å². The van der Waals surface area contributed by atoms with Crippen molar-refractivity contribution in [2.75, 3.05) is 5.32 Å². The van der Waals surface area contributed by atoms with Gasteiger partial charge in [-0.3, -0.25) is 0 Å². The quantitative estimate of drug-likeness (QED) is 0.357. The van der Waals surface area contributed by atoms with Gasteiger partial charge in [0.2, 0.25) is 11.8 Å². The van der Waals surface area contributed by atoms with Crippen molar-refractivity contribution in [3.63, 3.8) is 0 Å². The van der Waals surface area contributed by atoms with Crippen LogP contribution in [0.25, 0.3) is 22.4 Å². The van der Waals surface area contributed by atoms with Crippen molar-refractivity contribution < 1.29 is 9.15 Å². The zero-order chi connectivity index (χ0) is 21.0. The molecule has 32 heavy (non-hydrogen) atoms. The van der Waals surface area contributed by atoms with Gasteiger partial charge in [0.1, 0.15) is 24.5 Å². The number of ether oxygens (including phenoxy) is 1. The van der Waals surface area contributed by atoms with Crippen LogP contribution in [-0.2, 0) is 6.61 Å². The highest BCUT2D eigenvalue weighted by atomic mass is 35.5. The molecule has 0 unspecified atom stereocenters. The van der Waals surface area contributed by atoms with Gasteiger partial charge in [0.15, 0.2) is 0 Å². The van der Waals surface area contributed by atoms with Gasteiger partial charge in [0.05, 0.1) is 5.52 Å². The van der Waals surface area contributed by atoms with Crippen LogP contribution >= 0.6 is 12.4 Å². The monoisotopic (exact) mass is 445 g/mol. The van der Waals surface area contributed by atoms with Crippen molar-refractivity contribution in [1.29, 1.82) is 0 Å². The number of fused-ring (bicyclic) bond motifs is 1. The summed E-state index contributed by atoms with van der Waals surface area (Å²) in [5.74, 6) is 2.48. The first-order valence-electron chi connectivity index (χ1n) is 9.84. The van der Waals surface area contributed by atoms with Gasteiger partial charge in [-0.05, 0) is 48.0 Å². The van der Waals surface area contributed by atoms with E-state index < -0.39 is 0 Å². The molecule has 2 aromatic heterocycles. The Bertz CT molecular complexity index is 1320. The van der Waals surface area contributed by atoms with Gasteiger partial charge in [-0.2, -0.15) is 0 Å². The van der Waals surface area contributed by atoms with E-state index in [1.807, 2.05) is 72.8 Å². The molecule has 8 heteroatoms. The van der Waals surface area contributed by atoms with Gasteiger partial charge in [-0.15, -0.1) is 22.6 Å². The van der Waals surface area contributed by atoms with Crippen LogP contribution in [0.15, 0.2) is 83.5 Å². The molecule has 0 aliphatic carbocycles. The molecular formula is C24H20ClN5O2. The number of rotatable bonds is 6. The third-order valence-corrected chi connectivity index (χ3v) is 4.77. The molecule has 5 rings (SSSR count). The van der Waals surface area contributed by atoms with Crippen molar-refractivity contribution in [3.05, 3.63) is 90.6 Å². The zero-order valence-electron chi connectivity index (χ0n) is 17.2. The van der Waals surface area contributed by atoms with Crippen molar-refractivity contribution in [2.24, 2.45) is 0 Å². The van der Waals surface area contributed by atoms with Crippen LogP contribution in [0, 0.1) is 6.92 Å². The molecule has 160 valence electrons. The minimum absolute atomic E-state index is 0. The maximum atomic E-state index is 5.86. The predicted molar refractivity (Wildman–Crippen MR) is 125 cm³/mol. The van der Waals surface area contributed by atoms with Crippen LogP contribution in [-0.4, -0.2) is 20.2 Å². The van der Waals surface area contributed by atoms with E-state index in [1.54, 1.807) is 13.3 Å². The van der Waals surface area contributed by atoms with Gasteiger partial charge < -0.3 is 14.5 Å². The fourth-order valence-corrected chi connectivity index (χ4v) is 3.21. The maximum Gasteiger partial charge on any atom is 0.247 e. The fraction of sp³-hybridized carbons (Fsp3) is 0.0833. The molecule has 0 fully saturated rings. The molecule has 0 aliphatic heterocycles. The van der Waals surface area contributed by atoms with Crippen molar-refractivity contribution >= 4 is 34.8 Å². The fourth-order valence-electron chi connectivity index (χ4n) is 3.21. The Kier molecular flexibility index (Phi) is 6.28. The number of halogens is 1. The number of hydrogen-bond acceptors (Lipinski definition) is 7. The van der Waals surface area contributed by atoms with Crippen LogP contribution in [0.4, 0.5) is 11.5 Å². The van der Waals surface area contributed by atoms with Crippen molar-refractivity contribution in [2.45, 2.75) is 13.5 Å². The van der Waals surface area contributed by atoms with Gasteiger partial charge in [0, 0.05) is 23.6 Å². The molecule has 7 nitrogen and oxygen atoms in total. The Morgan fingerprint density at radius 1 is 0.906 bits per heavy atom. The Morgan fingerprint density at radius 3 is 2.47 bits per heavy atom. The summed E-state index contributed by atoms with van der Waals surface area (Å²) >= 11 is 0. The van der Waals surface area contributed by atoms with Crippen LogP contribution in [0.2, 0.25) is 0 Å². The van der Waals surface area contributed by atoms with E-state index in [9.17, 15) is 0 Å². The number of nitrogens with one attached hydrogen (secondary N) is 1. The van der Waals surface area contributed by atoms with E-state index in [0.29, 0.717) is 24.2 Å². The molecule has 0 amide bonds. The number of hydrogen-bond donors (Lipinski definition) is 1. The molecule has 0 saturated carbocycles. The van der Waals surface area contributed by atoms with Crippen LogP contribution in [0.3, 0.4) is 0 Å². The highest BCUT2D eigenvalue weighted by Gasteiger charge is 2.10. The third-order valence-electron chi connectivity index (χ3n) is 4.77. The third kappa shape index (κ3) is 4.68. The van der Waals surface area contributed by atoms with Crippen molar-refractivity contribution in [3.8, 4) is 17.2 Å². The van der Waals surface area contributed by atoms with Crippen LogP contribution in [0.1, 0.15) is 11.5 Å². The summed E-state index contributed by atoms with van der Waals surface area (Å²) in [7, 11) is 0. The van der Waals surface area contributed by atoms with Crippen molar-refractivity contribution in [1.82, 2.24) is 20.2 Å². The first-order chi connectivity index (χ1) is 15.2. The smallest absolute Gasteiger partial charge is 0.247 e. The van der Waals surface area contributed by atoms with E-state index in [-0.39, 0.29) is 12.4 Å². The summed E-state index contributed by atoms with van der Waals surface area (Å²) in [6.07, 6.45) is 1.54. The first kappa shape index (κ1) is 21.3. The summed E-state index contributed by atoms with van der Waals surface area (Å²) in [5.41, 5.74) is 3.66. The molecule has 0 aliphatic rings. The second-order valence-electron chi connectivity index (χ2n) is 7.00. The zero-order valence-corrected chi connectivity index (χ0v) is 18.0. The van der Waals surface area contributed by atoms with E-state index in [4.69, 9.17) is 9.15 Å². The van der Waals surface area contributed by atoms with Gasteiger partial charge in [-0.1, -0.05) is 30.3 Å². The summed E-state index contributed by atoms with van der Waals surface area (Å²) in [4.78, 5) is 8.77. The summed E-state index contributed by atoms with van der Waals surface area (Å²) in [6, 6.07) is 23.6. The summed E-state index contributed by atoms with van der Waals surface area (Å²) in [6.45, 7) is 2.29. The number of nitrogens with zero attached hydrogens (tertiary/aromatic N) is 4. The standard InChI is InChI=1S/C24H19N5O2.ClH/c1-16-28-29-24(31-16)18-7-12-22-21(13-18)23(26-15-25-22)27-19-8-10-20(11-9-19)30-14-17-5-3-2-4-6-17;/h2-13,15H,14H2,1H3,(H,25,26,27);1H. The normalized spacial score (nSPS) is 10.5. The Labute approximate surface area is 190 Å². The molecule has 0 radical (unpaired) electrons. The SMILES string of the molecule is Cc1nnc(-c2ccc3ncnc(Nc4ccc(OCc5ccccc5)cc4)c3c2)o1.Cl. The average Bonchev–Trinajstić information content (AvgIpc) is 3.25. The van der Waals surface area contributed by atoms with Gasteiger partial charge in [0.25, 0.3) is 0 Å². The molecular weight excluding hydrogens is 426 g/mol. The summed E-state index contributed by atoms with van der Waals surface area (Å²) < 4.78 is 11.4. The Balaban J connectivity index is 0.00000245. The van der Waals surface area contributed by atoms with Crippen LogP contribution in [0.5, 0.6) is 5.75 Å². The predicted octanol–water partition coefficient (Wildman–Crippen LogP) is 5.73. The number of anilines is 2. The largest absolute Gasteiger partial charge is 0.489 e. The highest BCUT2D eigenvalue weighted by Crippen LogP contribution is 2.28. The lowest BCUT2D eigenvalue weighted by Gasteiger charge is -2.10. The average molecular weight is 446 g/mol. The molecule has 0 atom stereocenters. The first-order valence-corrected chi connectivity index (χ1v) is 9.84. The molecule has 1 N–H and O–H groups in total. The van der Waals surface area contributed by atoms with E-state index in [1.165, 1.54) is 0 Å². The molecule has 3 aromatic carbocycles. The Morgan fingerprint density at radius 2 is 1.72 bits per heavy atom. The highest BCUT2D eigenvalue weighted by molar-refractivity contribution is 5.93. The molecule has 0 spiro atoms. The van der Waals surface area contributed by atoms with E-state index in [2.05, 4.69) is 25.5 Å². The molecule has 0 bridgehead atoms. The lowest BCUT2D eigenvalue weighted by atomic mass is 10.1. The van der Waals surface area contributed by atoms with E-state index >= 15 is 0 Å². The van der Waals surface area contributed by atoms with Crippen LogP contribution < -0.4 is 10.1 Å². The Hall–Kier alpha value is -3.97. The molecule has 5 aromatic rings.